The molecule has 2 heterocycles. The zero-order valence-corrected chi connectivity index (χ0v) is 12.7. The summed E-state index contributed by atoms with van der Waals surface area (Å²) in [4.78, 5) is 28.1. The molecule has 0 atom stereocenters. The fraction of sp³-hybridized carbons (Fsp3) is 0.333. The van der Waals surface area contributed by atoms with Crippen LogP contribution in [0.15, 0.2) is 28.9 Å². The molecule has 1 aromatic heterocycles. The molecule has 1 fully saturated rings. The van der Waals surface area contributed by atoms with Crippen LogP contribution >= 0.6 is 0 Å². The number of nitrogens with two attached hydrogens (primary N) is 1. The minimum Gasteiger partial charge on any atom is -0.379 e. The maximum atomic E-state index is 12.5. The molecule has 2 N–H and O–H groups in total. The van der Waals surface area contributed by atoms with Crippen molar-refractivity contribution in [1.82, 2.24) is 20.1 Å². The largest absolute Gasteiger partial charge is 0.379 e. The van der Waals surface area contributed by atoms with Gasteiger partial charge in [0, 0.05) is 31.7 Å². The molecule has 0 spiro atoms. The normalized spacial score (nSPS) is 14.8. The summed E-state index contributed by atoms with van der Waals surface area (Å²) in [6.45, 7) is 3.67. The minimum absolute atomic E-state index is 0.0159. The van der Waals surface area contributed by atoms with Crippen LogP contribution in [0.3, 0.4) is 0 Å². The van der Waals surface area contributed by atoms with Gasteiger partial charge >= 0.3 is 0 Å². The van der Waals surface area contributed by atoms with Crippen LogP contribution in [0.25, 0.3) is 0 Å². The van der Waals surface area contributed by atoms with Crippen LogP contribution < -0.4 is 5.73 Å². The third-order valence-corrected chi connectivity index (χ3v) is 3.95. The molecular weight excluding hydrogens is 298 g/mol. The van der Waals surface area contributed by atoms with E-state index in [1.807, 2.05) is 31.2 Å². The van der Waals surface area contributed by atoms with Gasteiger partial charge in [0.1, 0.15) is 0 Å². The molecule has 0 radical (unpaired) electrons. The molecule has 3 rings (SSSR count). The van der Waals surface area contributed by atoms with Gasteiger partial charge in [-0.25, -0.2) is 4.63 Å². The van der Waals surface area contributed by atoms with Crippen molar-refractivity contribution < 1.29 is 14.2 Å². The van der Waals surface area contributed by atoms with Crippen LogP contribution in [0.4, 0.5) is 5.82 Å². The fourth-order valence-electron chi connectivity index (χ4n) is 2.59. The molecule has 8 nitrogen and oxygen atoms in total. The summed E-state index contributed by atoms with van der Waals surface area (Å²) < 4.78 is 4.45. The van der Waals surface area contributed by atoms with Crippen molar-refractivity contribution in [2.24, 2.45) is 0 Å². The third kappa shape index (κ3) is 2.87. The zero-order valence-electron chi connectivity index (χ0n) is 12.7. The predicted octanol–water partition coefficient (Wildman–Crippen LogP) is 0.558. The van der Waals surface area contributed by atoms with Gasteiger partial charge in [0.25, 0.3) is 11.8 Å². The molecule has 0 unspecified atom stereocenters. The standard InChI is InChI=1S/C15H17N5O3/c1-10-4-2-3-5-11(10)14(21)19-6-8-20(9-7-19)15(22)12-13(16)18-23-17-12/h2-5H,6-9H2,1H3,(H2,16,18). The number of anilines is 1. The number of benzene rings is 1. The zero-order chi connectivity index (χ0) is 16.4. The van der Waals surface area contributed by atoms with Crippen LogP contribution in [0, 0.1) is 6.92 Å². The van der Waals surface area contributed by atoms with Crippen LogP contribution in [0.1, 0.15) is 26.4 Å². The average Bonchev–Trinajstić information content (AvgIpc) is 3.00. The van der Waals surface area contributed by atoms with E-state index in [4.69, 9.17) is 5.73 Å². The third-order valence-electron chi connectivity index (χ3n) is 3.95. The van der Waals surface area contributed by atoms with Crippen LogP contribution in [-0.2, 0) is 0 Å². The molecule has 8 heteroatoms. The van der Waals surface area contributed by atoms with Crippen molar-refractivity contribution in [2.75, 3.05) is 31.9 Å². The van der Waals surface area contributed by atoms with Crippen LogP contribution in [-0.4, -0.2) is 58.1 Å². The Morgan fingerprint density at radius 3 is 2.22 bits per heavy atom. The van der Waals surface area contributed by atoms with Gasteiger partial charge in [-0.1, -0.05) is 18.2 Å². The van der Waals surface area contributed by atoms with E-state index in [9.17, 15) is 9.59 Å². The number of hydrogen-bond acceptors (Lipinski definition) is 6. The van der Waals surface area contributed by atoms with E-state index >= 15 is 0 Å². The molecule has 0 bridgehead atoms. The summed E-state index contributed by atoms with van der Waals surface area (Å²) in [5.41, 5.74) is 7.19. The Labute approximate surface area is 132 Å². The maximum Gasteiger partial charge on any atom is 0.280 e. The van der Waals surface area contributed by atoms with Crippen molar-refractivity contribution in [3.8, 4) is 0 Å². The molecule has 1 aliphatic heterocycles. The Hall–Kier alpha value is -2.90. The molecule has 1 aromatic carbocycles. The van der Waals surface area contributed by atoms with Gasteiger partial charge in [0.2, 0.25) is 11.5 Å². The Morgan fingerprint density at radius 2 is 1.65 bits per heavy atom. The average molecular weight is 315 g/mol. The first-order valence-electron chi connectivity index (χ1n) is 7.30. The van der Waals surface area contributed by atoms with E-state index in [-0.39, 0.29) is 23.3 Å². The predicted molar refractivity (Wildman–Crippen MR) is 81.7 cm³/mol. The lowest BCUT2D eigenvalue weighted by Gasteiger charge is -2.34. The number of aryl methyl sites for hydroxylation is 1. The highest BCUT2D eigenvalue weighted by Gasteiger charge is 2.28. The molecule has 0 aliphatic carbocycles. The Kier molecular flexibility index (Phi) is 3.96. The lowest BCUT2D eigenvalue weighted by atomic mass is 10.1. The highest BCUT2D eigenvalue weighted by Crippen LogP contribution is 2.15. The number of rotatable bonds is 2. The summed E-state index contributed by atoms with van der Waals surface area (Å²) in [5.74, 6) is -0.363. The Balaban J connectivity index is 1.65. The van der Waals surface area contributed by atoms with E-state index in [1.165, 1.54) is 0 Å². The number of hydrogen-bond donors (Lipinski definition) is 1. The number of carbonyl (C=O) groups is 2. The SMILES string of the molecule is Cc1ccccc1C(=O)N1CCN(C(=O)c2nonc2N)CC1. The summed E-state index contributed by atoms with van der Waals surface area (Å²) >= 11 is 0. The molecule has 23 heavy (non-hydrogen) atoms. The van der Waals surface area contributed by atoms with E-state index < -0.39 is 0 Å². The van der Waals surface area contributed by atoms with E-state index in [1.54, 1.807) is 9.80 Å². The van der Waals surface area contributed by atoms with Crippen molar-refractivity contribution >= 4 is 17.6 Å². The van der Waals surface area contributed by atoms with Gasteiger partial charge in [0.05, 0.1) is 0 Å². The fourth-order valence-corrected chi connectivity index (χ4v) is 2.59. The summed E-state index contributed by atoms with van der Waals surface area (Å²) in [7, 11) is 0. The smallest absolute Gasteiger partial charge is 0.280 e. The van der Waals surface area contributed by atoms with Gasteiger partial charge in [-0.2, -0.15) is 0 Å². The highest BCUT2D eigenvalue weighted by molar-refractivity contribution is 5.97. The summed E-state index contributed by atoms with van der Waals surface area (Å²) in [6.07, 6.45) is 0. The Bertz CT molecular complexity index is 734. The van der Waals surface area contributed by atoms with Gasteiger partial charge in [0.15, 0.2) is 0 Å². The van der Waals surface area contributed by atoms with Gasteiger partial charge in [-0.15, -0.1) is 0 Å². The van der Waals surface area contributed by atoms with Gasteiger partial charge in [-0.05, 0) is 28.9 Å². The van der Waals surface area contributed by atoms with Crippen molar-refractivity contribution in [2.45, 2.75) is 6.92 Å². The van der Waals surface area contributed by atoms with Gasteiger partial charge < -0.3 is 15.5 Å². The van der Waals surface area contributed by atoms with E-state index in [0.29, 0.717) is 31.7 Å². The second kappa shape index (κ2) is 6.07. The van der Waals surface area contributed by atoms with E-state index in [0.717, 1.165) is 5.56 Å². The number of carbonyl (C=O) groups excluding carboxylic acids is 2. The number of nitrogens with zero attached hydrogens (tertiary/aromatic N) is 4. The lowest BCUT2D eigenvalue weighted by Crippen LogP contribution is -2.50. The topological polar surface area (TPSA) is 106 Å². The number of aromatic nitrogens is 2. The second-order valence-electron chi connectivity index (χ2n) is 5.40. The van der Waals surface area contributed by atoms with Crippen LogP contribution in [0.5, 0.6) is 0 Å². The first kappa shape index (κ1) is 15.0. The number of amides is 2. The molecule has 1 aliphatic rings. The second-order valence-corrected chi connectivity index (χ2v) is 5.40. The minimum atomic E-state index is -0.327. The molecule has 2 amide bonds. The van der Waals surface area contributed by atoms with E-state index in [2.05, 4.69) is 14.9 Å². The highest BCUT2D eigenvalue weighted by atomic mass is 16.6. The molecular formula is C15H17N5O3. The number of piperazine rings is 1. The van der Waals surface area contributed by atoms with Crippen molar-refractivity contribution in [1.29, 1.82) is 0 Å². The first-order valence-corrected chi connectivity index (χ1v) is 7.30. The molecule has 1 saturated heterocycles. The number of nitrogen functional groups attached to an aromatic ring is 1. The van der Waals surface area contributed by atoms with Crippen molar-refractivity contribution in [3.05, 3.63) is 41.1 Å². The first-order chi connectivity index (χ1) is 11.1. The molecule has 0 saturated carbocycles. The Morgan fingerprint density at radius 1 is 1.04 bits per heavy atom. The summed E-state index contributed by atoms with van der Waals surface area (Å²) in [6, 6.07) is 7.48. The molecule has 120 valence electrons. The molecule has 2 aromatic rings. The lowest BCUT2D eigenvalue weighted by molar-refractivity contribution is 0.0529. The quantitative estimate of drug-likeness (QED) is 0.868. The van der Waals surface area contributed by atoms with Crippen LogP contribution in [0.2, 0.25) is 0 Å². The monoisotopic (exact) mass is 315 g/mol. The van der Waals surface area contributed by atoms with Crippen molar-refractivity contribution in [3.63, 3.8) is 0 Å². The maximum absolute atomic E-state index is 12.5. The summed E-state index contributed by atoms with van der Waals surface area (Å²) in [5, 5.41) is 6.93. The van der Waals surface area contributed by atoms with Gasteiger partial charge in [-0.3, -0.25) is 9.59 Å².